The van der Waals surface area contributed by atoms with Crippen LogP contribution in [0.4, 0.5) is 0 Å². The van der Waals surface area contributed by atoms with Crippen LogP contribution in [0.25, 0.3) is 0 Å². The van der Waals surface area contributed by atoms with Crippen molar-refractivity contribution >= 4 is 46.9 Å². The average Bonchev–Trinajstić information content (AvgIpc) is 3.80. The van der Waals surface area contributed by atoms with Gasteiger partial charge in [0.15, 0.2) is 11.6 Å². The van der Waals surface area contributed by atoms with Gasteiger partial charge in [-0.2, -0.15) is 0 Å². The van der Waals surface area contributed by atoms with Crippen molar-refractivity contribution in [3.63, 3.8) is 0 Å². The molecule has 1 N–H and O–H groups in total. The van der Waals surface area contributed by atoms with Gasteiger partial charge in [0.2, 0.25) is 11.8 Å². The molecule has 0 radical (unpaired) electrons. The molecule has 0 aliphatic carbocycles. The first-order valence-corrected chi connectivity index (χ1v) is 19.5. The third-order valence-corrected chi connectivity index (χ3v) is 11.8. The van der Waals surface area contributed by atoms with Crippen LogP contribution in [0.1, 0.15) is 51.7 Å². The van der Waals surface area contributed by atoms with Crippen LogP contribution in [0.5, 0.6) is 23.0 Å². The first-order chi connectivity index (χ1) is 26.3. The number of rotatable bonds is 13. The first kappa shape index (κ1) is 35.5. The number of benzene rings is 3. The fourth-order valence-corrected chi connectivity index (χ4v) is 9.06. The van der Waals surface area contributed by atoms with Crippen LogP contribution in [0, 0.1) is 0 Å². The molecule has 8 rings (SSSR count). The number of hydrogen-bond acceptors (Lipinski definition) is 11. The fraction of sp³-hybridized carbons (Fsp3) is 0.268. The van der Waals surface area contributed by atoms with Gasteiger partial charge in [0.25, 0.3) is 0 Å². The van der Waals surface area contributed by atoms with Gasteiger partial charge in [-0.25, -0.2) is 9.59 Å². The van der Waals surface area contributed by atoms with Crippen molar-refractivity contribution in [3.8, 4) is 23.0 Å². The van der Waals surface area contributed by atoms with E-state index in [-0.39, 0.29) is 31.4 Å². The lowest BCUT2D eigenvalue weighted by atomic mass is 9.77. The number of nitrogens with one attached hydrogen (secondary N) is 1. The van der Waals surface area contributed by atoms with Crippen molar-refractivity contribution in [3.05, 3.63) is 129 Å². The number of unbranched alkanes of at least 4 members (excludes halogenated alkanes) is 1. The Labute approximate surface area is 319 Å². The molecule has 3 aromatic carbocycles. The minimum absolute atomic E-state index is 0.0330. The standard InChI is InChI=1S/C41H36N2O9S2/c1-3-5-17-48-25-12-14-30-32(19-25)51-33-20-26(13-15-31(33)41(30)29-11-7-6-10-28(29)39(46)52-41)50-22-24-23-54-38-35(42-34(44)21-27-9-8-18-53-27)37(45)43(38)36(24)40(47)49-16-4-2/h4,6-15,18-20,23,35-36,38H,2-3,5,16-17,21-22H2,1H3,(H,42,44). The Morgan fingerprint density at radius 1 is 0.981 bits per heavy atom. The van der Waals surface area contributed by atoms with Crippen molar-refractivity contribution in [2.45, 2.75) is 49.2 Å². The maximum atomic E-state index is 13.5. The highest BCUT2D eigenvalue weighted by Gasteiger charge is 2.57. The smallest absolute Gasteiger partial charge is 0.340 e. The van der Waals surface area contributed by atoms with E-state index in [0.717, 1.165) is 17.7 Å². The molecule has 1 aromatic heterocycles. The molecule has 4 aliphatic rings. The van der Waals surface area contributed by atoms with E-state index in [0.29, 0.717) is 57.4 Å². The highest BCUT2D eigenvalue weighted by molar-refractivity contribution is 8.03. The Bertz CT molecular complexity index is 2180. The van der Waals surface area contributed by atoms with Gasteiger partial charge in [-0.05, 0) is 53.6 Å². The highest BCUT2D eigenvalue weighted by atomic mass is 32.2. The summed E-state index contributed by atoms with van der Waals surface area (Å²) in [6.45, 7) is 6.19. The summed E-state index contributed by atoms with van der Waals surface area (Å²) in [7, 11) is 0. The summed E-state index contributed by atoms with van der Waals surface area (Å²) in [5, 5.41) is 6.03. The van der Waals surface area contributed by atoms with Crippen LogP contribution in [-0.2, 0) is 35.9 Å². The molecule has 11 nitrogen and oxygen atoms in total. The lowest BCUT2D eigenvalue weighted by Crippen LogP contribution is -2.74. The Morgan fingerprint density at radius 2 is 1.74 bits per heavy atom. The summed E-state index contributed by atoms with van der Waals surface area (Å²) >= 11 is 2.80. The van der Waals surface area contributed by atoms with E-state index in [1.807, 2.05) is 47.8 Å². The van der Waals surface area contributed by atoms with Crippen molar-refractivity contribution in [2.24, 2.45) is 0 Å². The Morgan fingerprint density at radius 3 is 2.46 bits per heavy atom. The van der Waals surface area contributed by atoms with E-state index in [1.54, 1.807) is 35.7 Å². The van der Waals surface area contributed by atoms with E-state index in [9.17, 15) is 19.2 Å². The fourth-order valence-electron chi connectivity index (χ4n) is 7.15. The second kappa shape index (κ2) is 14.7. The summed E-state index contributed by atoms with van der Waals surface area (Å²) < 4.78 is 30.5. The zero-order chi connectivity index (χ0) is 37.4. The van der Waals surface area contributed by atoms with Gasteiger partial charge in [0.1, 0.15) is 47.6 Å². The predicted molar refractivity (Wildman–Crippen MR) is 202 cm³/mol. The molecular weight excluding hydrogens is 729 g/mol. The molecule has 54 heavy (non-hydrogen) atoms. The second-order valence-electron chi connectivity index (χ2n) is 13.1. The topological polar surface area (TPSA) is 130 Å². The van der Waals surface area contributed by atoms with Crippen molar-refractivity contribution < 1.29 is 42.9 Å². The zero-order valence-corrected chi connectivity index (χ0v) is 30.9. The number of hydrogen-bond donors (Lipinski definition) is 1. The van der Waals surface area contributed by atoms with E-state index < -0.39 is 35.0 Å². The van der Waals surface area contributed by atoms with Crippen LogP contribution in [0.3, 0.4) is 0 Å². The van der Waals surface area contributed by atoms with Crippen LogP contribution in [0.15, 0.2) is 102 Å². The number of nitrogens with zero attached hydrogens (tertiary/aromatic N) is 1. The van der Waals surface area contributed by atoms with E-state index >= 15 is 0 Å². The van der Waals surface area contributed by atoms with Gasteiger partial charge < -0.3 is 33.9 Å². The normalized spacial score (nSPS) is 21.6. The third-order valence-electron chi connectivity index (χ3n) is 9.70. The second-order valence-corrected chi connectivity index (χ2v) is 15.1. The first-order valence-electron chi connectivity index (χ1n) is 17.6. The van der Waals surface area contributed by atoms with Crippen LogP contribution < -0.4 is 19.5 Å². The highest BCUT2D eigenvalue weighted by Crippen LogP contribution is 2.57. The lowest BCUT2D eigenvalue weighted by molar-refractivity contribution is -0.162. The number of β-lactam (4-membered cyclic amide) rings is 1. The largest absolute Gasteiger partial charge is 0.493 e. The zero-order valence-electron chi connectivity index (χ0n) is 29.3. The molecule has 276 valence electrons. The molecule has 0 saturated carbocycles. The maximum absolute atomic E-state index is 13.5. The number of carbonyl (C=O) groups excluding carboxylic acids is 4. The van der Waals surface area contributed by atoms with E-state index in [1.165, 1.54) is 34.1 Å². The summed E-state index contributed by atoms with van der Waals surface area (Å²) in [5.74, 6) is 0.233. The van der Waals surface area contributed by atoms with Gasteiger partial charge in [0.05, 0.1) is 18.6 Å². The SMILES string of the molecule is C=CCOC(=O)C1C(COc2ccc3c(c2)Oc2cc(OCCCC)ccc2C32OC(=O)c3ccccc32)=CSC2C(NC(=O)Cc3cccs3)C(=O)N12. The van der Waals surface area contributed by atoms with Crippen LogP contribution in [-0.4, -0.2) is 65.9 Å². The van der Waals surface area contributed by atoms with Gasteiger partial charge in [-0.1, -0.05) is 50.3 Å². The minimum Gasteiger partial charge on any atom is -0.493 e. The molecule has 4 atom stereocenters. The summed E-state index contributed by atoms with van der Waals surface area (Å²) in [5.41, 5.74) is 1.72. The number of fused-ring (bicyclic) bond motifs is 7. The number of esters is 2. The van der Waals surface area contributed by atoms with Crippen LogP contribution in [0.2, 0.25) is 0 Å². The molecule has 1 saturated heterocycles. The van der Waals surface area contributed by atoms with Crippen molar-refractivity contribution in [1.82, 2.24) is 10.2 Å². The van der Waals surface area contributed by atoms with Gasteiger partial charge >= 0.3 is 11.9 Å². The van der Waals surface area contributed by atoms with Gasteiger partial charge in [-0.15, -0.1) is 23.1 Å². The monoisotopic (exact) mass is 764 g/mol. The predicted octanol–water partition coefficient (Wildman–Crippen LogP) is 6.50. The number of thioether (sulfide) groups is 1. The molecule has 2 amide bonds. The molecule has 0 bridgehead atoms. The summed E-state index contributed by atoms with van der Waals surface area (Å²) in [6, 6.07) is 20.0. The molecule has 5 heterocycles. The lowest BCUT2D eigenvalue weighted by Gasteiger charge is -2.51. The Kier molecular flexibility index (Phi) is 9.67. The minimum atomic E-state index is -1.26. The molecule has 1 spiro atoms. The van der Waals surface area contributed by atoms with Gasteiger partial charge in [-0.3, -0.25) is 9.59 Å². The third kappa shape index (κ3) is 6.20. The quantitative estimate of drug-likeness (QED) is 0.0698. The average molecular weight is 765 g/mol. The van der Waals surface area contributed by atoms with E-state index in [4.69, 9.17) is 23.7 Å². The summed E-state index contributed by atoms with van der Waals surface area (Å²) in [6.07, 6.45) is 3.51. The molecule has 4 aliphatic heterocycles. The summed E-state index contributed by atoms with van der Waals surface area (Å²) in [4.78, 5) is 55.3. The molecular formula is C41H36N2O9S2. The number of ether oxygens (including phenoxy) is 5. The number of thiophene rings is 1. The maximum Gasteiger partial charge on any atom is 0.340 e. The molecule has 4 unspecified atom stereocenters. The number of amides is 2. The Hall–Kier alpha value is -5.53. The van der Waals surface area contributed by atoms with E-state index in [2.05, 4.69) is 18.8 Å². The Balaban J connectivity index is 1.06. The molecule has 4 aromatic rings. The molecule has 1 fully saturated rings. The van der Waals surface area contributed by atoms with Gasteiger partial charge in [0, 0.05) is 39.3 Å². The van der Waals surface area contributed by atoms with Crippen molar-refractivity contribution in [1.29, 1.82) is 0 Å². The molecule has 13 heteroatoms. The number of carbonyl (C=O) groups is 4. The van der Waals surface area contributed by atoms with Crippen LogP contribution >= 0.6 is 23.1 Å². The van der Waals surface area contributed by atoms with Crippen molar-refractivity contribution in [2.75, 3.05) is 19.8 Å².